The second kappa shape index (κ2) is 7.70. The van der Waals surface area contributed by atoms with Crippen LogP contribution < -0.4 is 0 Å². The van der Waals surface area contributed by atoms with Crippen molar-refractivity contribution >= 4 is 39.0 Å². The lowest BCUT2D eigenvalue weighted by atomic mass is 10.2. The Morgan fingerprint density at radius 1 is 1.15 bits per heavy atom. The second-order valence-corrected chi connectivity index (χ2v) is 8.88. The number of rotatable bonds is 4. The van der Waals surface area contributed by atoms with Gasteiger partial charge in [0.2, 0.25) is 10.0 Å². The van der Waals surface area contributed by atoms with Crippen molar-refractivity contribution in [1.82, 2.24) is 14.1 Å². The number of thiocarbonyl (C=S) groups is 1. The normalized spacial score (nSPS) is 20.1. The van der Waals surface area contributed by atoms with Gasteiger partial charge in [-0.2, -0.15) is 17.5 Å². The van der Waals surface area contributed by atoms with E-state index in [9.17, 15) is 21.6 Å². The Bertz CT molecular complexity index is 827. The summed E-state index contributed by atoms with van der Waals surface area (Å²) in [5, 5.41) is -0.110. The topological polar surface area (TPSA) is 53.1 Å². The third-order valence-corrected chi connectivity index (χ3v) is 7.03. The van der Waals surface area contributed by atoms with Gasteiger partial charge < -0.3 is 9.64 Å². The Labute approximate surface area is 165 Å². The lowest BCUT2D eigenvalue weighted by Gasteiger charge is -2.35. The Morgan fingerprint density at radius 2 is 1.81 bits per heavy atom. The Morgan fingerprint density at radius 3 is 2.37 bits per heavy atom. The molecule has 2 saturated heterocycles. The maximum absolute atomic E-state index is 13.0. The van der Waals surface area contributed by atoms with Crippen molar-refractivity contribution in [2.24, 2.45) is 0 Å². The van der Waals surface area contributed by atoms with Gasteiger partial charge in [-0.1, -0.05) is 11.6 Å². The van der Waals surface area contributed by atoms with Crippen LogP contribution in [0.5, 0.6) is 0 Å². The first-order valence-electron chi connectivity index (χ1n) is 8.10. The van der Waals surface area contributed by atoms with Crippen LogP contribution in [0.2, 0.25) is 5.02 Å². The summed E-state index contributed by atoms with van der Waals surface area (Å²) < 4.78 is 70.9. The Balaban J connectivity index is 1.69. The summed E-state index contributed by atoms with van der Waals surface area (Å²) in [4.78, 5) is 3.49. The van der Waals surface area contributed by atoms with Gasteiger partial charge in [0.25, 0.3) is 5.17 Å². The fourth-order valence-electron chi connectivity index (χ4n) is 2.94. The van der Waals surface area contributed by atoms with Crippen molar-refractivity contribution in [3.63, 3.8) is 0 Å². The van der Waals surface area contributed by atoms with Crippen LogP contribution in [0.1, 0.15) is 5.56 Å². The predicted octanol–water partition coefficient (Wildman–Crippen LogP) is 2.24. The van der Waals surface area contributed by atoms with Gasteiger partial charge >= 0.3 is 6.18 Å². The standard InChI is InChI=1S/C15H17ClF3N3O3S2/c16-13-2-1-11(9-12(13)15(17,18)19)27(23,24)22-5-3-20(4-6-22)10-21-7-8-25-14(21)26/h1-2,9H,3-8,10H2. The van der Waals surface area contributed by atoms with Crippen LogP contribution in [0.25, 0.3) is 0 Å². The molecule has 0 amide bonds. The highest BCUT2D eigenvalue weighted by atomic mass is 35.5. The molecule has 0 spiro atoms. The number of nitrogens with zero attached hydrogens (tertiary/aromatic N) is 3. The molecule has 6 nitrogen and oxygen atoms in total. The number of piperazine rings is 1. The first kappa shape index (κ1) is 20.6. The quantitative estimate of drug-likeness (QED) is 0.665. The van der Waals surface area contributed by atoms with Crippen molar-refractivity contribution in [3.8, 4) is 0 Å². The van der Waals surface area contributed by atoms with E-state index in [0.29, 0.717) is 44.2 Å². The van der Waals surface area contributed by atoms with Crippen molar-refractivity contribution in [2.75, 3.05) is 46.0 Å². The minimum atomic E-state index is -4.72. The maximum Gasteiger partial charge on any atom is 0.417 e. The molecule has 3 rings (SSSR count). The predicted molar refractivity (Wildman–Crippen MR) is 96.9 cm³/mol. The third kappa shape index (κ3) is 4.48. The number of benzene rings is 1. The molecule has 2 heterocycles. The SMILES string of the molecule is O=S(=O)(c1ccc(Cl)c(C(F)(F)F)c1)N1CCN(CN2CCOC2=S)CC1. The average molecular weight is 444 g/mol. The molecule has 0 aliphatic carbocycles. The molecule has 0 unspecified atom stereocenters. The third-order valence-electron chi connectivity index (χ3n) is 4.43. The zero-order valence-electron chi connectivity index (χ0n) is 14.1. The molecule has 12 heteroatoms. The van der Waals surface area contributed by atoms with Gasteiger partial charge in [-0.3, -0.25) is 4.90 Å². The van der Waals surface area contributed by atoms with Crippen molar-refractivity contribution in [3.05, 3.63) is 28.8 Å². The summed E-state index contributed by atoms with van der Waals surface area (Å²) >= 11 is 10.6. The van der Waals surface area contributed by atoms with Gasteiger partial charge in [-0.15, -0.1) is 0 Å². The van der Waals surface area contributed by atoms with E-state index in [-0.39, 0.29) is 13.1 Å². The highest BCUT2D eigenvalue weighted by Gasteiger charge is 2.36. The minimum absolute atomic E-state index is 0.174. The Hall–Kier alpha value is -1.14. The number of alkyl halides is 3. The first-order valence-corrected chi connectivity index (χ1v) is 10.3. The van der Waals surface area contributed by atoms with E-state index in [4.69, 9.17) is 28.6 Å². The number of hydrogen-bond acceptors (Lipinski definition) is 5. The average Bonchev–Trinajstić information content (AvgIpc) is 2.99. The van der Waals surface area contributed by atoms with Crippen molar-refractivity contribution in [2.45, 2.75) is 11.1 Å². The number of sulfonamides is 1. The lowest BCUT2D eigenvalue weighted by molar-refractivity contribution is -0.137. The summed E-state index contributed by atoms with van der Waals surface area (Å²) in [6.45, 7) is 2.98. The molecule has 0 bridgehead atoms. The fourth-order valence-corrected chi connectivity index (χ4v) is 4.84. The van der Waals surface area contributed by atoms with Gasteiger partial charge in [0.05, 0.1) is 28.7 Å². The molecule has 2 aliphatic rings. The number of ether oxygens (including phenoxy) is 1. The molecule has 150 valence electrons. The molecule has 0 aromatic heterocycles. The molecule has 1 aromatic carbocycles. The van der Waals surface area contributed by atoms with Crippen molar-refractivity contribution < 1.29 is 26.3 Å². The second-order valence-electron chi connectivity index (χ2n) is 6.18. The molecule has 0 radical (unpaired) electrons. The molecule has 0 saturated carbocycles. The summed E-state index contributed by atoms with van der Waals surface area (Å²) in [5.41, 5.74) is -1.16. The van der Waals surface area contributed by atoms with Gasteiger partial charge in [0, 0.05) is 26.2 Å². The molecule has 0 atom stereocenters. The summed E-state index contributed by atoms with van der Waals surface area (Å²) in [6.07, 6.45) is -4.72. The minimum Gasteiger partial charge on any atom is -0.469 e. The molecular formula is C15H17ClF3N3O3S2. The highest BCUT2D eigenvalue weighted by Crippen LogP contribution is 2.36. The molecule has 27 heavy (non-hydrogen) atoms. The first-order chi connectivity index (χ1) is 12.6. The number of hydrogen-bond donors (Lipinski definition) is 0. The van der Waals surface area contributed by atoms with Gasteiger partial charge in [-0.25, -0.2) is 8.42 Å². The fraction of sp³-hybridized carbons (Fsp3) is 0.533. The highest BCUT2D eigenvalue weighted by molar-refractivity contribution is 7.89. The molecule has 0 N–H and O–H groups in total. The lowest BCUT2D eigenvalue weighted by Crippen LogP contribution is -2.51. The van der Waals surface area contributed by atoms with Crippen molar-refractivity contribution in [1.29, 1.82) is 0 Å². The van der Waals surface area contributed by atoms with E-state index in [0.717, 1.165) is 12.1 Å². The van der Waals surface area contributed by atoms with Crippen LogP contribution in [-0.2, 0) is 20.9 Å². The molecular weight excluding hydrogens is 427 g/mol. The molecule has 1 aromatic rings. The van der Waals surface area contributed by atoms with Gasteiger partial charge in [0.15, 0.2) is 0 Å². The van der Waals surface area contributed by atoms with Crippen LogP contribution in [0.15, 0.2) is 23.1 Å². The largest absolute Gasteiger partial charge is 0.469 e. The van der Waals surface area contributed by atoms with E-state index in [1.54, 1.807) is 0 Å². The summed E-state index contributed by atoms with van der Waals surface area (Å²) in [5.74, 6) is 0. The summed E-state index contributed by atoms with van der Waals surface area (Å²) in [7, 11) is -4.04. The van der Waals surface area contributed by atoms with E-state index < -0.39 is 31.7 Å². The van der Waals surface area contributed by atoms with E-state index in [1.807, 2.05) is 9.80 Å². The maximum atomic E-state index is 13.0. The summed E-state index contributed by atoms with van der Waals surface area (Å²) in [6, 6.07) is 2.64. The Kier molecular flexibility index (Phi) is 5.88. The van der Waals surface area contributed by atoms with Gasteiger partial charge in [-0.05, 0) is 30.4 Å². The monoisotopic (exact) mass is 443 g/mol. The molecule has 2 aliphatic heterocycles. The van der Waals surface area contributed by atoms with Crippen LogP contribution >= 0.6 is 23.8 Å². The van der Waals surface area contributed by atoms with Crippen LogP contribution in [0.4, 0.5) is 13.2 Å². The zero-order chi connectivity index (χ0) is 19.8. The smallest absolute Gasteiger partial charge is 0.417 e. The van der Waals surface area contributed by atoms with Crippen LogP contribution in [-0.4, -0.2) is 73.7 Å². The van der Waals surface area contributed by atoms with Crippen LogP contribution in [0, 0.1) is 0 Å². The van der Waals surface area contributed by atoms with Gasteiger partial charge in [0.1, 0.15) is 6.61 Å². The van der Waals surface area contributed by atoms with E-state index in [2.05, 4.69) is 0 Å². The van der Waals surface area contributed by atoms with Crippen LogP contribution in [0.3, 0.4) is 0 Å². The molecule has 2 fully saturated rings. The van der Waals surface area contributed by atoms with E-state index >= 15 is 0 Å². The van der Waals surface area contributed by atoms with E-state index in [1.165, 1.54) is 4.31 Å². The number of halogens is 4. The zero-order valence-corrected chi connectivity index (χ0v) is 16.5.